The lowest BCUT2D eigenvalue weighted by Crippen LogP contribution is -1.94. The summed E-state index contributed by atoms with van der Waals surface area (Å²) < 4.78 is 0. The van der Waals surface area contributed by atoms with Crippen molar-refractivity contribution in [2.24, 2.45) is 4.99 Å². The molecule has 0 aromatic carbocycles. The largest absolute Gasteiger partial charge is 0.381 e. The van der Waals surface area contributed by atoms with E-state index >= 15 is 0 Å². The van der Waals surface area contributed by atoms with Crippen molar-refractivity contribution in [3.8, 4) is 0 Å². The lowest BCUT2D eigenvalue weighted by atomic mass is 10.5. The Kier molecular flexibility index (Phi) is 2.53. The van der Waals surface area contributed by atoms with Gasteiger partial charge in [0, 0.05) is 6.21 Å². The van der Waals surface area contributed by atoms with Crippen molar-refractivity contribution < 1.29 is 0 Å². The van der Waals surface area contributed by atoms with E-state index in [2.05, 4.69) is 21.5 Å². The average molecular weight is 162 g/mol. The summed E-state index contributed by atoms with van der Waals surface area (Å²) in [4.78, 5) is 11.9. The lowest BCUT2D eigenvalue weighted by molar-refractivity contribution is 1.12. The van der Waals surface area contributed by atoms with Gasteiger partial charge in [0.05, 0.1) is 11.9 Å². The van der Waals surface area contributed by atoms with Gasteiger partial charge in [0.15, 0.2) is 11.6 Å². The molecule has 1 aromatic heterocycles. The van der Waals surface area contributed by atoms with Gasteiger partial charge in [0.25, 0.3) is 0 Å². The molecule has 0 atom stereocenters. The number of allylic oxidation sites excluding steroid dienone is 1. The van der Waals surface area contributed by atoms with E-state index in [4.69, 9.17) is 5.73 Å². The number of nitrogens with zero attached hydrogens (tertiary/aromatic N) is 3. The third kappa shape index (κ3) is 1.88. The molecule has 2 N–H and O–H groups in total. The van der Waals surface area contributed by atoms with Crippen LogP contribution in [0.3, 0.4) is 0 Å². The number of aromatic nitrogens is 2. The molecule has 1 aromatic rings. The van der Waals surface area contributed by atoms with Crippen LogP contribution in [-0.2, 0) is 0 Å². The second-order valence-electron chi connectivity index (χ2n) is 2.23. The minimum atomic E-state index is 0.341. The summed E-state index contributed by atoms with van der Waals surface area (Å²) in [6, 6.07) is 0. The fraction of sp³-hybridized carbons (Fsp3) is 0.125. The van der Waals surface area contributed by atoms with Crippen molar-refractivity contribution >= 4 is 17.9 Å². The minimum Gasteiger partial charge on any atom is -0.381 e. The van der Waals surface area contributed by atoms with Gasteiger partial charge in [0.2, 0.25) is 0 Å². The van der Waals surface area contributed by atoms with Crippen LogP contribution < -0.4 is 5.73 Å². The molecule has 1 rings (SSSR count). The molecular formula is C8H10N4. The average Bonchev–Trinajstić information content (AvgIpc) is 2.03. The van der Waals surface area contributed by atoms with E-state index in [0.717, 1.165) is 5.69 Å². The van der Waals surface area contributed by atoms with Gasteiger partial charge in [-0.3, -0.25) is 0 Å². The van der Waals surface area contributed by atoms with Gasteiger partial charge in [-0.05, 0) is 6.92 Å². The minimum absolute atomic E-state index is 0.341. The Bertz CT molecular complexity index is 317. The summed E-state index contributed by atoms with van der Waals surface area (Å²) in [5.41, 5.74) is 6.32. The number of nitrogens with two attached hydrogens (primary N) is 1. The molecule has 4 nitrogen and oxygen atoms in total. The topological polar surface area (TPSA) is 64.2 Å². The van der Waals surface area contributed by atoms with E-state index in [9.17, 15) is 0 Å². The van der Waals surface area contributed by atoms with Gasteiger partial charge in [-0.25, -0.2) is 15.0 Å². The molecule has 0 aliphatic rings. The molecule has 0 bridgehead atoms. The zero-order chi connectivity index (χ0) is 8.97. The molecule has 0 radical (unpaired) electrons. The molecule has 12 heavy (non-hydrogen) atoms. The van der Waals surface area contributed by atoms with Crippen molar-refractivity contribution in [1.29, 1.82) is 0 Å². The van der Waals surface area contributed by atoms with Crippen LogP contribution in [0.1, 0.15) is 5.69 Å². The van der Waals surface area contributed by atoms with Gasteiger partial charge in [-0.15, -0.1) is 0 Å². The van der Waals surface area contributed by atoms with Crippen LogP contribution in [0.5, 0.6) is 0 Å². The number of anilines is 1. The van der Waals surface area contributed by atoms with Gasteiger partial charge in [-0.2, -0.15) is 0 Å². The fourth-order valence-electron chi connectivity index (χ4n) is 0.712. The standard InChI is InChI=1S/C8H10N4/c1-3-4-10-8-7(9)12-6(2)5-11-8/h3-5H,1H2,2H3,(H2,9,12). The Morgan fingerprint density at radius 2 is 2.42 bits per heavy atom. The lowest BCUT2D eigenvalue weighted by Gasteiger charge is -1.97. The van der Waals surface area contributed by atoms with Crippen LogP contribution in [-0.4, -0.2) is 16.2 Å². The zero-order valence-corrected chi connectivity index (χ0v) is 6.86. The summed E-state index contributed by atoms with van der Waals surface area (Å²) in [7, 11) is 0. The molecule has 1 heterocycles. The van der Waals surface area contributed by atoms with Crippen LogP contribution in [0.25, 0.3) is 0 Å². The summed E-state index contributed by atoms with van der Waals surface area (Å²) in [6.07, 6.45) is 4.70. The number of hydrogen-bond acceptors (Lipinski definition) is 4. The first kappa shape index (κ1) is 8.39. The third-order valence-electron chi connectivity index (χ3n) is 1.20. The third-order valence-corrected chi connectivity index (χ3v) is 1.20. The Hall–Kier alpha value is -1.71. The summed E-state index contributed by atoms with van der Waals surface area (Å²) >= 11 is 0. The molecule has 0 spiro atoms. The molecule has 0 amide bonds. The van der Waals surface area contributed by atoms with Gasteiger partial charge < -0.3 is 5.73 Å². The zero-order valence-electron chi connectivity index (χ0n) is 6.86. The van der Waals surface area contributed by atoms with Gasteiger partial charge in [-0.1, -0.05) is 12.7 Å². The first-order valence-electron chi connectivity index (χ1n) is 3.48. The summed E-state index contributed by atoms with van der Waals surface area (Å²) in [5.74, 6) is 0.772. The maximum absolute atomic E-state index is 5.54. The predicted molar refractivity (Wildman–Crippen MR) is 49.5 cm³/mol. The van der Waals surface area contributed by atoms with Crippen molar-refractivity contribution in [2.75, 3.05) is 5.73 Å². The molecule has 4 heteroatoms. The van der Waals surface area contributed by atoms with E-state index in [1.807, 2.05) is 6.92 Å². The van der Waals surface area contributed by atoms with E-state index in [-0.39, 0.29) is 0 Å². The second kappa shape index (κ2) is 3.61. The molecule has 62 valence electrons. The summed E-state index contributed by atoms with van der Waals surface area (Å²) in [6.45, 7) is 5.31. The Labute approximate surface area is 70.9 Å². The molecule has 0 fully saturated rings. The monoisotopic (exact) mass is 162 g/mol. The maximum Gasteiger partial charge on any atom is 0.195 e. The second-order valence-corrected chi connectivity index (χ2v) is 2.23. The molecule has 0 aliphatic heterocycles. The molecule has 0 aliphatic carbocycles. The van der Waals surface area contributed by atoms with Crippen LogP contribution in [0.4, 0.5) is 11.6 Å². The normalized spacial score (nSPS) is 10.4. The van der Waals surface area contributed by atoms with Crippen LogP contribution >= 0.6 is 0 Å². The highest BCUT2D eigenvalue weighted by atomic mass is 15.0. The molecule has 0 saturated carbocycles. The van der Waals surface area contributed by atoms with Crippen LogP contribution in [0.2, 0.25) is 0 Å². The number of aryl methyl sites for hydroxylation is 1. The van der Waals surface area contributed by atoms with E-state index in [0.29, 0.717) is 11.6 Å². The Morgan fingerprint density at radius 1 is 1.67 bits per heavy atom. The van der Waals surface area contributed by atoms with E-state index in [1.54, 1.807) is 12.3 Å². The first-order valence-corrected chi connectivity index (χ1v) is 3.48. The highest BCUT2D eigenvalue weighted by Crippen LogP contribution is 2.14. The quantitative estimate of drug-likeness (QED) is 0.666. The molecular weight excluding hydrogens is 152 g/mol. The van der Waals surface area contributed by atoms with E-state index in [1.165, 1.54) is 6.21 Å². The van der Waals surface area contributed by atoms with Crippen molar-refractivity contribution in [3.63, 3.8) is 0 Å². The maximum atomic E-state index is 5.54. The first-order chi connectivity index (χ1) is 5.74. The highest BCUT2D eigenvalue weighted by Gasteiger charge is 1.97. The molecule has 0 saturated heterocycles. The van der Waals surface area contributed by atoms with E-state index < -0.39 is 0 Å². The smallest absolute Gasteiger partial charge is 0.195 e. The number of aliphatic imine (C=N–C) groups is 1. The van der Waals surface area contributed by atoms with Crippen molar-refractivity contribution in [2.45, 2.75) is 6.92 Å². The number of hydrogen-bond donors (Lipinski definition) is 1. The van der Waals surface area contributed by atoms with Crippen LogP contribution in [0.15, 0.2) is 23.8 Å². The van der Waals surface area contributed by atoms with Crippen molar-refractivity contribution in [3.05, 3.63) is 24.5 Å². The number of nitrogen functional groups attached to an aromatic ring is 1. The SMILES string of the molecule is C=CC=Nc1ncc(C)nc1N. The van der Waals surface area contributed by atoms with Crippen LogP contribution in [0, 0.1) is 6.92 Å². The molecule has 0 unspecified atom stereocenters. The number of rotatable bonds is 2. The highest BCUT2D eigenvalue weighted by molar-refractivity contribution is 5.74. The van der Waals surface area contributed by atoms with Gasteiger partial charge in [0.1, 0.15) is 0 Å². The van der Waals surface area contributed by atoms with Crippen molar-refractivity contribution in [1.82, 2.24) is 9.97 Å². The Balaban J connectivity index is 3.01. The predicted octanol–water partition coefficient (Wildman–Crippen LogP) is 1.26. The Morgan fingerprint density at radius 3 is 3.00 bits per heavy atom. The summed E-state index contributed by atoms with van der Waals surface area (Å²) in [5, 5.41) is 0. The van der Waals surface area contributed by atoms with Gasteiger partial charge >= 0.3 is 0 Å². The fourth-order valence-corrected chi connectivity index (χ4v) is 0.712.